The molecule has 0 saturated carbocycles. The molecule has 2 aromatic rings. The second-order valence-corrected chi connectivity index (χ2v) is 4.80. The minimum absolute atomic E-state index is 0.127. The van der Waals surface area contributed by atoms with Crippen LogP contribution in [0.4, 0.5) is 11.4 Å². The first-order valence-electron chi connectivity index (χ1n) is 7.00. The molecule has 3 N–H and O–H groups in total. The first-order valence-corrected chi connectivity index (χ1v) is 7.00. The van der Waals surface area contributed by atoms with Crippen LogP contribution in [0.5, 0.6) is 0 Å². The highest BCUT2D eigenvalue weighted by Crippen LogP contribution is 2.25. The quantitative estimate of drug-likeness (QED) is 0.650. The van der Waals surface area contributed by atoms with E-state index >= 15 is 0 Å². The van der Waals surface area contributed by atoms with Gasteiger partial charge in [-0.2, -0.15) is 0 Å². The molecule has 0 unspecified atom stereocenters. The van der Waals surface area contributed by atoms with Crippen molar-refractivity contribution in [1.82, 2.24) is 0 Å². The standard InChI is InChI=1S/C17H20N2O2/c1-3-21-17(20)14-9-10-16(15(18)11-14)19-12(2)13-7-5-4-6-8-13/h4-12,19H,3,18H2,1-2H3/t12-/m1/s1. The number of nitrogens with one attached hydrogen (secondary N) is 1. The van der Waals surface area contributed by atoms with Gasteiger partial charge in [0.25, 0.3) is 0 Å². The Morgan fingerprint density at radius 3 is 2.57 bits per heavy atom. The number of anilines is 2. The summed E-state index contributed by atoms with van der Waals surface area (Å²) < 4.78 is 4.96. The molecule has 0 saturated heterocycles. The van der Waals surface area contributed by atoms with Crippen molar-refractivity contribution >= 4 is 17.3 Å². The molecule has 0 radical (unpaired) electrons. The third-order valence-electron chi connectivity index (χ3n) is 3.23. The molecule has 0 aliphatic heterocycles. The molecule has 4 heteroatoms. The molecule has 0 fully saturated rings. The van der Waals surface area contributed by atoms with Crippen molar-refractivity contribution in [2.75, 3.05) is 17.7 Å². The summed E-state index contributed by atoms with van der Waals surface area (Å²) in [6, 6.07) is 15.4. The topological polar surface area (TPSA) is 64.3 Å². The molecule has 21 heavy (non-hydrogen) atoms. The molecular weight excluding hydrogens is 264 g/mol. The maximum absolute atomic E-state index is 11.7. The predicted octanol–water partition coefficient (Wildman–Crippen LogP) is 3.62. The first-order chi connectivity index (χ1) is 10.1. The average Bonchev–Trinajstić information content (AvgIpc) is 2.50. The zero-order chi connectivity index (χ0) is 15.2. The Labute approximate surface area is 124 Å². The molecule has 0 aliphatic carbocycles. The van der Waals surface area contributed by atoms with Gasteiger partial charge < -0.3 is 15.8 Å². The van der Waals surface area contributed by atoms with Crippen LogP contribution in [0, 0.1) is 0 Å². The molecule has 0 heterocycles. The van der Waals surface area contributed by atoms with Gasteiger partial charge >= 0.3 is 5.97 Å². The molecule has 0 aliphatic rings. The second-order valence-electron chi connectivity index (χ2n) is 4.80. The van der Waals surface area contributed by atoms with E-state index in [4.69, 9.17) is 10.5 Å². The normalized spacial score (nSPS) is 11.7. The monoisotopic (exact) mass is 284 g/mol. The largest absolute Gasteiger partial charge is 0.462 e. The van der Waals surface area contributed by atoms with E-state index in [9.17, 15) is 4.79 Å². The van der Waals surface area contributed by atoms with Gasteiger partial charge in [0.2, 0.25) is 0 Å². The summed E-state index contributed by atoms with van der Waals surface area (Å²) in [4.78, 5) is 11.7. The Bertz CT molecular complexity index is 611. The zero-order valence-corrected chi connectivity index (χ0v) is 12.3. The highest BCUT2D eigenvalue weighted by molar-refractivity contribution is 5.92. The minimum Gasteiger partial charge on any atom is -0.462 e. The number of ether oxygens (including phenoxy) is 1. The number of carbonyl (C=O) groups excluding carboxylic acids is 1. The van der Waals surface area contributed by atoms with Crippen molar-refractivity contribution in [3.05, 3.63) is 59.7 Å². The lowest BCUT2D eigenvalue weighted by molar-refractivity contribution is 0.0526. The average molecular weight is 284 g/mol. The smallest absolute Gasteiger partial charge is 0.338 e. The first kappa shape index (κ1) is 14.9. The van der Waals surface area contributed by atoms with Crippen LogP contribution in [-0.2, 0) is 4.74 Å². The summed E-state index contributed by atoms with van der Waals surface area (Å²) in [7, 11) is 0. The summed E-state index contributed by atoms with van der Waals surface area (Å²) in [5.74, 6) is -0.355. The van der Waals surface area contributed by atoms with Crippen LogP contribution in [0.25, 0.3) is 0 Å². The fourth-order valence-electron chi connectivity index (χ4n) is 2.09. The summed E-state index contributed by atoms with van der Waals surface area (Å²) in [6.07, 6.45) is 0. The number of nitrogen functional groups attached to an aromatic ring is 1. The SMILES string of the molecule is CCOC(=O)c1ccc(N[C@H](C)c2ccccc2)c(N)c1. The molecule has 0 aromatic heterocycles. The summed E-state index contributed by atoms with van der Waals surface area (Å²) in [5, 5.41) is 3.35. The van der Waals surface area contributed by atoms with Gasteiger partial charge in [-0.15, -0.1) is 0 Å². The maximum Gasteiger partial charge on any atom is 0.338 e. The third kappa shape index (κ3) is 3.75. The number of benzene rings is 2. The van der Waals surface area contributed by atoms with E-state index in [1.54, 1.807) is 25.1 Å². The summed E-state index contributed by atoms with van der Waals surface area (Å²) in [6.45, 7) is 4.19. The van der Waals surface area contributed by atoms with E-state index in [2.05, 4.69) is 24.4 Å². The Balaban J connectivity index is 2.13. The Kier molecular flexibility index (Phi) is 4.82. The Morgan fingerprint density at radius 2 is 1.95 bits per heavy atom. The van der Waals surface area contributed by atoms with Crippen molar-refractivity contribution in [3.8, 4) is 0 Å². The fraction of sp³-hybridized carbons (Fsp3) is 0.235. The van der Waals surface area contributed by atoms with E-state index in [-0.39, 0.29) is 12.0 Å². The van der Waals surface area contributed by atoms with Crippen LogP contribution in [-0.4, -0.2) is 12.6 Å². The van der Waals surface area contributed by atoms with Crippen LogP contribution in [0.2, 0.25) is 0 Å². The minimum atomic E-state index is -0.355. The number of rotatable bonds is 5. The number of carbonyl (C=O) groups is 1. The number of nitrogens with two attached hydrogens (primary N) is 1. The number of esters is 1. The maximum atomic E-state index is 11.7. The van der Waals surface area contributed by atoms with E-state index < -0.39 is 0 Å². The van der Waals surface area contributed by atoms with Crippen LogP contribution < -0.4 is 11.1 Å². The van der Waals surface area contributed by atoms with E-state index in [0.717, 1.165) is 5.69 Å². The van der Waals surface area contributed by atoms with Crippen molar-refractivity contribution in [3.63, 3.8) is 0 Å². The van der Waals surface area contributed by atoms with Gasteiger partial charge in [0, 0.05) is 6.04 Å². The molecule has 110 valence electrons. The highest BCUT2D eigenvalue weighted by Gasteiger charge is 2.11. The van der Waals surface area contributed by atoms with Crippen molar-refractivity contribution in [2.45, 2.75) is 19.9 Å². The fourth-order valence-corrected chi connectivity index (χ4v) is 2.09. The van der Waals surface area contributed by atoms with Gasteiger partial charge in [-0.05, 0) is 37.6 Å². The third-order valence-corrected chi connectivity index (χ3v) is 3.23. The molecule has 0 amide bonds. The zero-order valence-electron chi connectivity index (χ0n) is 12.3. The van der Waals surface area contributed by atoms with Crippen molar-refractivity contribution < 1.29 is 9.53 Å². The number of hydrogen-bond donors (Lipinski definition) is 2. The molecular formula is C17H20N2O2. The van der Waals surface area contributed by atoms with Gasteiger partial charge in [0.05, 0.1) is 23.5 Å². The molecule has 0 spiro atoms. The van der Waals surface area contributed by atoms with Crippen LogP contribution in [0.3, 0.4) is 0 Å². The lowest BCUT2D eigenvalue weighted by atomic mass is 10.1. The molecule has 2 rings (SSSR count). The Hall–Kier alpha value is -2.49. The molecule has 1 atom stereocenters. The van der Waals surface area contributed by atoms with Crippen LogP contribution in [0.15, 0.2) is 48.5 Å². The van der Waals surface area contributed by atoms with Gasteiger partial charge in [-0.25, -0.2) is 4.79 Å². The van der Waals surface area contributed by atoms with Gasteiger partial charge in [-0.3, -0.25) is 0 Å². The van der Waals surface area contributed by atoms with Crippen LogP contribution in [0.1, 0.15) is 35.8 Å². The van der Waals surface area contributed by atoms with Gasteiger partial charge in [0.15, 0.2) is 0 Å². The number of hydrogen-bond acceptors (Lipinski definition) is 4. The van der Waals surface area contributed by atoms with Crippen molar-refractivity contribution in [2.24, 2.45) is 0 Å². The van der Waals surface area contributed by atoms with Gasteiger partial charge in [-0.1, -0.05) is 30.3 Å². The lowest BCUT2D eigenvalue weighted by Gasteiger charge is -2.17. The Morgan fingerprint density at radius 1 is 1.24 bits per heavy atom. The van der Waals surface area contributed by atoms with Gasteiger partial charge in [0.1, 0.15) is 0 Å². The van der Waals surface area contributed by atoms with Crippen molar-refractivity contribution in [1.29, 1.82) is 0 Å². The molecule has 4 nitrogen and oxygen atoms in total. The van der Waals surface area contributed by atoms with E-state index in [1.165, 1.54) is 5.56 Å². The molecule has 2 aromatic carbocycles. The lowest BCUT2D eigenvalue weighted by Crippen LogP contribution is -2.10. The second kappa shape index (κ2) is 6.79. The van der Waals surface area contributed by atoms with E-state index in [1.807, 2.05) is 18.2 Å². The predicted molar refractivity (Wildman–Crippen MR) is 85.3 cm³/mol. The highest BCUT2D eigenvalue weighted by atomic mass is 16.5. The summed E-state index contributed by atoms with van der Waals surface area (Å²) in [5.41, 5.74) is 8.98. The summed E-state index contributed by atoms with van der Waals surface area (Å²) >= 11 is 0. The van der Waals surface area contributed by atoms with Crippen LogP contribution >= 0.6 is 0 Å². The van der Waals surface area contributed by atoms with E-state index in [0.29, 0.717) is 17.9 Å². The molecule has 0 bridgehead atoms.